The maximum Gasteiger partial charge on any atom is 0.0169 e. The van der Waals surface area contributed by atoms with Crippen molar-refractivity contribution in [2.75, 3.05) is 19.6 Å². The van der Waals surface area contributed by atoms with Crippen molar-refractivity contribution in [2.45, 2.75) is 59.4 Å². The second-order valence-corrected chi connectivity index (χ2v) is 7.71. The molecule has 2 N–H and O–H groups in total. The first-order valence-corrected chi connectivity index (χ1v) is 8.05. The Hall–Kier alpha value is -0.340. The first-order chi connectivity index (χ1) is 8.91. The summed E-state index contributed by atoms with van der Waals surface area (Å²) in [7, 11) is 0. The van der Waals surface area contributed by atoms with Gasteiger partial charge in [-0.1, -0.05) is 45.8 Å². The second-order valence-electron chi connectivity index (χ2n) is 7.71. The normalized spacial score (nSPS) is 34.2. The van der Waals surface area contributed by atoms with Gasteiger partial charge < -0.3 is 5.73 Å². The molecule has 1 heterocycles. The number of nitrogens with two attached hydrogens (primary N) is 1. The monoisotopic (exact) mass is 264 g/mol. The molecule has 0 aromatic heterocycles. The van der Waals surface area contributed by atoms with Crippen LogP contribution in [0.1, 0.15) is 53.4 Å². The molecule has 0 aromatic carbocycles. The topological polar surface area (TPSA) is 29.3 Å². The quantitative estimate of drug-likeness (QED) is 0.774. The molecule has 0 bridgehead atoms. The van der Waals surface area contributed by atoms with Crippen LogP contribution in [-0.2, 0) is 0 Å². The van der Waals surface area contributed by atoms with Gasteiger partial charge in [0.2, 0.25) is 0 Å². The number of nitrogens with zero attached hydrogens (tertiary/aromatic N) is 1. The van der Waals surface area contributed by atoms with E-state index in [-0.39, 0.29) is 0 Å². The average Bonchev–Trinajstić information content (AvgIpc) is 2.38. The van der Waals surface area contributed by atoms with Crippen molar-refractivity contribution in [1.82, 2.24) is 4.90 Å². The van der Waals surface area contributed by atoms with Crippen LogP contribution in [0.2, 0.25) is 0 Å². The predicted octanol–water partition coefficient (Wildman–Crippen LogP) is 3.43. The van der Waals surface area contributed by atoms with Crippen molar-refractivity contribution in [2.24, 2.45) is 23.0 Å². The Morgan fingerprint density at radius 3 is 2.58 bits per heavy atom. The highest BCUT2D eigenvalue weighted by Crippen LogP contribution is 2.35. The van der Waals surface area contributed by atoms with E-state index in [4.69, 9.17) is 5.73 Å². The fourth-order valence-electron chi connectivity index (χ4n) is 3.80. The Labute approximate surface area is 119 Å². The lowest BCUT2D eigenvalue weighted by atomic mass is 9.77. The minimum Gasteiger partial charge on any atom is -0.330 e. The molecule has 2 rings (SSSR count). The van der Waals surface area contributed by atoms with E-state index in [9.17, 15) is 0 Å². The summed E-state index contributed by atoms with van der Waals surface area (Å²) in [4.78, 5) is 2.70. The number of hydrogen-bond donors (Lipinski definition) is 1. The molecule has 0 amide bonds. The Morgan fingerprint density at radius 1 is 1.32 bits per heavy atom. The van der Waals surface area contributed by atoms with Crippen LogP contribution in [0.15, 0.2) is 11.6 Å². The van der Waals surface area contributed by atoms with Crippen LogP contribution in [-0.4, -0.2) is 30.6 Å². The van der Waals surface area contributed by atoms with E-state index in [1.54, 1.807) is 5.57 Å². The second kappa shape index (κ2) is 5.97. The molecule has 1 aliphatic heterocycles. The van der Waals surface area contributed by atoms with Gasteiger partial charge in [0.25, 0.3) is 0 Å². The maximum absolute atomic E-state index is 6.00. The molecule has 110 valence electrons. The molecular weight excluding hydrogens is 232 g/mol. The van der Waals surface area contributed by atoms with Gasteiger partial charge in [0.15, 0.2) is 0 Å². The zero-order chi connectivity index (χ0) is 14.0. The van der Waals surface area contributed by atoms with Crippen molar-refractivity contribution >= 4 is 0 Å². The standard InChI is InChI=1S/C17H32N2/c1-13-5-6-14(12-18)16(11-13)19-9-7-15(8-10-19)17(2,3)4/h7,13-14,16H,5-6,8-12,18H2,1-4H3. The van der Waals surface area contributed by atoms with Crippen LogP contribution in [0.3, 0.4) is 0 Å². The summed E-state index contributed by atoms with van der Waals surface area (Å²) in [5, 5.41) is 0. The van der Waals surface area contributed by atoms with Gasteiger partial charge >= 0.3 is 0 Å². The molecule has 2 nitrogen and oxygen atoms in total. The fraction of sp³-hybridized carbons (Fsp3) is 0.882. The third-order valence-electron chi connectivity index (χ3n) is 5.19. The zero-order valence-electron chi connectivity index (χ0n) is 13.3. The van der Waals surface area contributed by atoms with Gasteiger partial charge in [0, 0.05) is 19.1 Å². The summed E-state index contributed by atoms with van der Waals surface area (Å²) in [5.74, 6) is 1.60. The van der Waals surface area contributed by atoms with E-state index >= 15 is 0 Å². The molecule has 19 heavy (non-hydrogen) atoms. The maximum atomic E-state index is 6.00. The highest BCUT2D eigenvalue weighted by molar-refractivity contribution is 5.15. The number of rotatable bonds is 2. The van der Waals surface area contributed by atoms with Gasteiger partial charge in [0.05, 0.1) is 0 Å². The van der Waals surface area contributed by atoms with Crippen LogP contribution in [0.5, 0.6) is 0 Å². The van der Waals surface area contributed by atoms with E-state index in [2.05, 4.69) is 38.7 Å². The summed E-state index contributed by atoms with van der Waals surface area (Å²) >= 11 is 0. The third-order valence-corrected chi connectivity index (χ3v) is 5.19. The molecule has 1 aliphatic carbocycles. The Bertz CT molecular complexity index is 327. The van der Waals surface area contributed by atoms with Gasteiger partial charge in [-0.3, -0.25) is 4.90 Å². The largest absolute Gasteiger partial charge is 0.330 e. The average molecular weight is 264 g/mol. The van der Waals surface area contributed by atoms with Crippen LogP contribution in [0, 0.1) is 17.3 Å². The Balaban J connectivity index is 2.01. The van der Waals surface area contributed by atoms with Gasteiger partial charge in [-0.25, -0.2) is 0 Å². The fourth-order valence-corrected chi connectivity index (χ4v) is 3.80. The summed E-state index contributed by atoms with van der Waals surface area (Å²) in [5.41, 5.74) is 7.98. The molecule has 1 saturated carbocycles. The third kappa shape index (κ3) is 3.61. The lowest BCUT2D eigenvalue weighted by molar-refractivity contribution is 0.0907. The molecule has 2 heteroatoms. The Morgan fingerprint density at radius 2 is 2.05 bits per heavy atom. The molecule has 3 atom stereocenters. The van der Waals surface area contributed by atoms with Crippen molar-refractivity contribution in [1.29, 1.82) is 0 Å². The van der Waals surface area contributed by atoms with Gasteiger partial charge in [-0.05, 0) is 43.1 Å². The molecule has 3 unspecified atom stereocenters. The minimum absolute atomic E-state index is 0.346. The van der Waals surface area contributed by atoms with Crippen molar-refractivity contribution < 1.29 is 0 Å². The smallest absolute Gasteiger partial charge is 0.0169 e. The van der Waals surface area contributed by atoms with Crippen LogP contribution >= 0.6 is 0 Å². The molecule has 0 spiro atoms. The van der Waals surface area contributed by atoms with E-state index in [0.717, 1.165) is 31.0 Å². The summed E-state index contributed by atoms with van der Waals surface area (Å²) in [6, 6.07) is 0.728. The minimum atomic E-state index is 0.346. The SMILES string of the molecule is CC1CCC(CN)C(N2CC=C(C(C)(C)C)CC2)C1. The first-order valence-electron chi connectivity index (χ1n) is 8.05. The molecule has 0 aromatic rings. The van der Waals surface area contributed by atoms with Crippen molar-refractivity contribution in [3.63, 3.8) is 0 Å². The predicted molar refractivity (Wildman–Crippen MR) is 83.1 cm³/mol. The molecule has 0 saturated heterocycles. The van der Waals surface area contributed by atoms with Gasteiger partial charge in [-0.15, -0.1) is 0 Å². The van der Waals surface area contributed by atoms with Crippen LogP contribution in [0.25, 0.3) is 0 Å². The summed E-state index contributed by atoms with van der Waals surface area (Å²) < 4.78 is 0. The first kappa shape index (κ1) is 15.1. The van der Waals surface area contributed by atoms with Crippen LogP contribution in [0.4, 0.5) is 0 Å². The molecule has 2 aliphatic rings. The van der Waals surface area contributed by atoms with Crippen molar-refractivity contribution in [3.8, 4) is 0 Å². The summed E-state index contributed by atoms with van der Waals surface area (Å²) in [6.45, 7) is 12.6. The lowest BCUT2D eigenvalue weighted by Crippen LogP contribution is -2.48. The Kier molecular flexibility index (Phi) is 4.73. The van der Waals surface area contributed by atoms with E-state index in [0.29, 0.717) is 5.41 Å². The lowest BCUT2D eigenvalue weighted by Gasteiger charge is -2.44. The molecule has 0 radical (unpaired) electrons. The van der Waals surface area contributed by atoms with E-state index in [1.807, 2.05) is 0 Å². The van der Waals surface area contributed by atoms with Gasteiger partial charge in [0.1, 0.15) is 0 Å². The number of hydrogen-bond acceptors (Lipinski definition) is 2. The molecule has 1 fully saturated rings. The highest BCUT2D eigenvalue weighted by Gasteiger charge is 2.33. The summed E-state index contributed by atoms with van der Waals surface area (Å²) in [6.07, 6.45) is 7.77. The van der Waals surface area contributed by atoms with Crippen molar-refractivity contribution in [3.05, 3.63) is 11.6 Å². The van der Waals surface area contributed by atoms with Crippen LogP contribution < -0.4 is 5.73 Å². The van der Waals surface area contributed by atoms with Gasteiger partial charge in [-0.2, -0.15) is 0 Å². The molecular formula is C17H32N2. The van der Waals surface area contributed by atoms with E-state index in [1.165, 1.54) is 32.2 Å². The van der Waals surface area contributed by atoms with E-state index < -0.39 is 0 Å². The zero-order valence-corrected chi connectivity index (χ0v) is 13.3. The highest BCUT2D eigenvalue weighted by atomic mass is 15.2.